The fraction of sp³-hybridized carbons (Fsp3) is 0.880. The molecule has 1 atom stereocenters. The molecule has 0 aromatic rings. The average molecular weight is 1140 g/mol. The van der Waals surface area contributed by atoms with E-state index in [0.717, 1.165) is 64.2 Å². The zero-order valence-corrected chi connectivity index (χ0v) is 54.8. The minimum absolute atomic E-state index is 0.0665. The number of carbonyl (C=O) groups is 3. The number of ether oxygens (including phenoxy) is 3. The van der Waals surface area contributed by atoms with E-state index in [1.807, 2.05) is 0 Å². The van der Waals surface area contributed by atoms with Gasteiger partial charge in [-0.1, -0.05) is 346 Å². The molecule has 0 aliphatic carbocycles. The van der Waals surface area contributed by atoms with Gasteiger partial charge < -0.3 is 14.2 Å². The van der Waals surface area contributed by atoms with E-state index in [2.05, 4.69) is 57.2 Å². The third-order valence-electron chi connectivity index (χ3n) is 16.6. The van der Waals surface area contributed by atoms with Crippen LogP contribution in [0.25, 0.3) is 0 Å². The maximum absolute atomic E-state index is 13.0. The molecule has 0 fully saturated rings. The Morgan fingerprint density at radius 3 is 0.691 bits per heavy atom. The third kappa shape index (κ3) is 68.3. The van der Waals surface area contributed by atoms with Gasteiger partial charge in [-0.25, -0.2) is 0 Å². The van der Waals surface area contributed by atoms with Crippen LogP contribution >= 0.6 is 0 Å². The molecule has 81 heavy (non-hydrogen) atoms. The highest BCUT2D eigenvalue weighted by Gasteiger charge is 2.19. The fourth-order valence-electron chi connectivity index (χ4n) is 11.1. The summed E-state index contributed by atoms with van der Waals surface area (Å²) in [4.78, 5) is 38.5. The quantitative estimate of drug-likeness (QED) is 0.0261. The van der Waals surface area contributed by atoms with Crippen LogP contribution in [0.5, 0.6) is 0 Å². The summed E-state index contributed by atoms with van der Waals surface area (Å²) < 4.78 is 17.0. The second-order valence-corrected chi connectivity index (χ2v) is 24.9. The van der Waals surface area contributed by atoms with Gasteiger partial charge in [0.25, 0.3) is 0 Å². The number of esters is 3. The van der Waals surface area contributed by atoms with Crippen molar-refractivity contribution >= 4 is 17.9 Å². The van der Waals surface area contributed by atoms with Gasteiger partial charge in [-0.2, -0.15) is 0 Å². The van der Waals surface area contributed by atoms with Crippen LogP contribution in [0, 0.1) is 0 Å². The van der Waals surface area contributed by atoms with Gasteiger partial charge in [0, 0.05) is 19.3 Å². The monoisotopic (exact) mass is 1140 g/mol. The second-order valence-electron chi connectivity index (χ2n) is 24.9. The van der Waals surface area contributed by atoms with Crippen molar-refractivity contribution in [3.05, 3.63) is 36.5 Å². The van der Waals surface area contributed by atoms with E-state index in [9.17, 15) is 14.4 Å². The molecule has 0 heterocycles. The minimum atomic E-state index is -0.770. The van der Waals surface area contributed by atoms with Gasteiger partial charge in [0.15, 0.2) is 6.10 Å². The predicted molar refractivity (Wildman–Crippen MR) is 353 cm³/mol. The maximum Gasteiger partial charge on any atom is 0.306 e. The summed E-state index contributed by atoms with van der Waals surface area (Å²) in [5, 5.41) is 0. The summed E-state index contributed by atoms with van der Waals surface area (Å²) in [5.41, 5.74) is 0. The van der Waals surface area contributed by atoms with Crippen LogP contribution in [0.4, 0.5) is 0 Å². The Morgan fingerprint density at radius 2 is 0.444 bits per heavy atom. The van der Waals surface area contributed by atoms with E-state index in [4.69, 9.17) is 14.2 Å². The summed E-state index contributed by atoms with van der Waals surface area (Å²) in [6.07, 6.45) is 87.5. The molecular formula is C75H140O6. The molecule has 0 rings (SSSR count). The first kappa shape index (κ1) is 78.6. The van der Waals surface area contributed by atoms with Crippen molar-refractivity contribution in [2.45, 2.75) is 412 Å². The van der Waals surface area contributed by atoms with Crippen molar-refractivity contribution in [3.8, 4) is 0 Å². The van der Waals surface area contributed by atoms with E-state index >= 15 is 0 Å². The van der Waals surface area contributed by atoms with E-state index in [-0.39, 0.29) is 31.1 Å². The van der Waals surface area contributed by atoms with Gasteiger partial charge in [-0.05, 0) is 77.0 Å². The van der Waals surface area contributed by atoms with Crippen LogP contribution < -0.4 is 0 Å². The molecule has 0 radical (unpaired) electrons. The van der Waals surface area contributed by atoms with E-state index in [1.54, 1.807) is 0 Å². The predicted octanol–water partition coefficient (Wildman–Crippen LogP) is 25.1. The highest BCUT2D eigenvalue weighted by atomic mass is 16.6. The topological polar surface area (TPSA) is 78.9 Å². The molecule has 0 spiro atoms. The van der Waals surface area contributed by atoms with Crippen LogP contribution in [0.3, 0.4) is 0 Å². The van der Waals surface area contributed by atoms with E-state index in [0.29, 0.717) is 19.3 Å². The summed E-state index contributed by atoms with van der Waals surface area (Å²) in [7, 11) is 0. The van der Waals surface area contributed by atoms with Crippen molar-refractivity contribution in [1.29, 1.82) is 0 Å². The van der Waals surface area contributed by atoms with Gasteiger partial charge in [-0.15, -0.1) is 0 Å². The average Bonchev–Trinajstić information content (AvgIpc) is 3.46. The lowest BCUT2D eigenvalue weighted by molar-refractivity contribution is -0.167. The van der Waals surface area contributed by atoms with E-state index < -0.39 is 6.10 Å². The van der Waals surface area contributed by atoms with Gasteiger partial charge in [0.05, 0.1) is 0 Å². The first-order chi connectivity index (χ1) is 40.0. The van der Waals surface area contributed by atoms with Crippen molar-refractivity contribution in [3.63, 3.8) is 0 Å². The molecule has 0 amide bonds. The Bertz CT molecular complexity index is 1350. The molecule has 6 heteroatoms. The number of unbranched alkanes of at least 4 members (excludes halogenated alkanes) is 51. The lowest BCUT2D eigenvalue weighted by atomic mass is 10.0. The van der Waals surface area contributed by atoms with Gasteiger partial charge in [0.2, 0.25) is 0 Å². The number of hydrogen-bond donors (Lipinski definition) is 0. The molecule has 476 valence electrons. The highest BCUT2D eigenvalue weighted by molar-refractivity contribution is 5.71. The standard InChI is InChI=1S/C75H140O6/c1-4-7-10-13-16-19-22-25-27-29-31-33-35-37-39-41-43-45-47-50-53-56-59-62-65-68-74(77)80-71-72(70-79-73(76)67-64-61-58-55-52-49-24-21-18-15-12-9-6-3)81-75(78)69-66-63-60-57-54-51-48-46-44-42-40-38-36-34-32-30-28-26-23-20-17-14-11-8-5-2/h22,25,29-32,72H,4-21,23-24,26-28,33-71H2,1-3H3/b25-22-,31-29-,32-30-. The Kier molecular flexibility index (Phi) is 68.1. The number of hydrogen-bond acceptors (Lipinski definition) is 6. The van der Waals surface area contributed by atoms with Crippen LogP contribution in [0.2, 0.25) is 0 Å². The lowest BCUT2D eigenvalue weighted by Gasteiger charge is -2.18. The first-order valence-corrected chi connectivity index (χ1v) is 36.5. The number of carbonyl (C=O) groups excluding carboxylic acids is 3. The van der Waals surface area contributed by atoms with Crippen LogP contribution in [0.1, 0.15) is 406 Å². The molecule has 0 aliphatic rings. The Morgan fingerprint density at radius 1 is 0.247 bits per heavy atom. The zero-order valence-electron chi connectivity index (χ0n) is 54.8. The zero-order chi connectivity index (χ0) is 58.5. The molecule has 0 aromatic carbocycles. The summed E-state index contributed by atoms with van der Waals surface area (Å²) >= 11 is 0. The summed E-state index contributed by atoms with van der Waals surface area (Å²) in [6.45, 7) is 6.70. The fourth-order valence-corrected chi connectivity index (χ4v) is 11.1. The van der Waals surface area contributed by atoms with Crippen molar-refractivity contribution in [2.75, 3.05) is 13.2 Å². The van der Waals surface area contributed by atoms with Gasteiger partial charge in [-0.3, -0.25) is 14.4 Å². The molecule has 1 unspecified atom stereocenters. The molecule has 6 nitrogen and oxygen atoms in total. The molecule has 0 N–H and O–H groups in total. The van der Waals surface area contributed by atoms with Gasteiger partial charge in [0.1, 0.15) is 13.2 Å². The largest absolute Gasteiger partial charge is 0.462 e. The SMILES string of the molecule is CCCCCCC/C=C\C/C=C\CCCCCCCCCCCCCCCC(=O)OCC(COC(=O)CCCCCCCCCCCCCCC)OC(=O)CCCCCCCCCCCCCCC/C=C\CCCCCCCCCC. The maximum atomic E-state index is 13.0. The summed E-state index contributed by atoms with van der Waals surface area (Å²) in [6, 6.07) is 0. The second kappa shape index (κ2) is 70.1. The smallest absolute Gasteiger partial charge is 0.306 e. The summed E-state index contributed by atoms with van der Waals surface area (Å²) in [5.74, 6) is -0.837. The normalized spacial score (nSPS) is 12.2. The molecule has 0 aromatic heterocycles. The minimum Gasteiger partial charge on any atom is -0.462 e. The Balaban J connectivity index is 4.22. The van der Waals surface area contributed by atoms with Crippen molar-refractivity contribution in [2.24, 2.45) is 0 Å². The van der Waals surface area contributed by atoms with Crippen LogP contribution in [-0.2, 0) is 28.6 Å². The van der Waals surface area contributed by atoms with Crippen LogP contribution in [0.15, 0.2) is 36.5 Å². The Hall–Kier alpha value is -2.37. The van der Waals surface area contributed by atoms with Crippen LogP contribution in [-0.4, -0.2) is 37.2 Å². The molecular weight excluding hydrogens is 997 g/mol. The Labute approximate surface area is 506 Å². The highest BCUT2D eigenvalue weighted by Crippen LogP contribution is 2.18. The number of rotatable bonds is 68. The molecule has 0 aliphatic heterocycles. The first-order valence-electron chi connectivity index (χ1n) is 36.5. The third-order valence-corrected chi connectivity index (χ3v) is 16.6. The lowest BCUT2D eigenvalue weighted by Crippen LogP contribution is -2.30. The van der Waals surface area contributed by atoms with Crippen molar-refractivity contribution < 1.29 is 28.6 Å². The molecule has 0 bridgehead atoms. The van der Waals surface area contributed by atoms with Crippen molar-refractivity contribution in [1.82, 2.24) is 0 Å². The van der Waals surface area contributed by atoms with Gasteiger partial charge >= 0.3 is 17.9 Å². The van der Waals surface area contributed by atoms with E-state index in [1.165, 1.54) is 302 Å². The molecule has 0 saturated heterocycles. The number of allylic oxidation sites excluding steroid dienone is 6. The molecule has 0 saturated carbocycles.